The fourth-order valence-electron chi connectivity index (χ4n) is 5.26. The van der Waals surface area contributed by atoms with E-state index in [9.17, 15) is 14.7 Å². The summed E-state index contributed by atoms with van der Waals surface area (Å²) in [7, 11) is 0. The van der Waals surface area contributed by atoms with Gasteiger partial charge in [-0.1, -0.05) is 24.3 Å². The van der Waals surface area contributed by atoms with Gasteiger partial charge in [0, 0.05) is 24.2 Å². The van der Waals surface area contributed by atoms with Crippen molar-refractivity contribution in [1.29, 1.82) is 0 Å². The molecule has 1 atom stereocenters. The first-order valence-corrected chi connectivity index (χ1v) is 11.8. The highest BCUT2D eigenvalue weighted by molar-refractivity contribution is 5.94. The number of nitrogens with zero attached hydrogens (tertiary/aromatic N) is 1. The summed E-state index contributed by atoms with van der Waals surface area (Å²) in [5.74, 6) is 0.962. The number of anilines is 1. The van der Waals surface area contributed by atoms with Crippen molar-refractivity contribution in [2.75, 3.05) is 31.6 Å². The molecule has 6 nitrogen and oxygen atoms in total. The maximum absolute atomic E-state index is 12.8. The second kappa shape index (κ2) is 9.65. The number of rotatable bonds is 7. The zero-order valence-corrected chi connectivity index (χ0v) is 19.8. The molecule has 0 bridgehead atoms. The summed E-state index contributed by atoms with van der Waals surface area (Å²) in [4.78, 5) is 26.6. The van der Waals surface area contributed by atoms with Gasteiger partial charge in [0.05, 0.1) is 5.41 Å². The molecule has 2 aromatic rings. The average molecular weight is 451 g/mol. The van der Waals surface area contributed by atoms with Gasteiger partial charge in [-0.15, -0.1) is 0 Å². The molecule has 0 saturated carbocycles. The summed E-state index contributed by atoms with van der Waals surface area (Å²) in [6, 6.07) is 11.9. The Bertz CT molecular complexity index is 1040. The van der Waals surface area contributed by atoms with Crippen LogP contribution in [0.4, 0.5) is 5.69 Å². The van der Waals surface area contributed by atoms with Crippen LogP contribution in [0.5, 0.6) is 5.75 Å². The fourth-order valence-corrected chi connectivity index (χ4v) is 5.26. The molecule has 4 rings (SSSR count). The van der Waals surface area contributed by atoms with Crippen molar-refractivity contribution in [2.45, 2.75) is 58.0 Å². The first kappa shape index (κ1) is 23.5. The Morgan fingerprint density at radius 3 is 2.61 bits per heavy atom. The number of β-amino-alcohol motifs (C(OH)–C–C–N with tert-alkyl or cyclic N) is 1. The minimum atomic E-state index is -0.635. The van der Waals surface area contributed by atoms with E-state index in [1.165, 1.54) is 11.1 Å². The van der Waals surface area contributed by atoms with Gasteiger partial charge in [0.2, 0.25) is 5.91 Å². The number of Topliss-reactive ketones (excluding diaryl/α,β-unsaturated/α-hetero) is 1. The van der Waals surface area contributed by atoms with Gasteiger partial charge in [0.15, 0.2) is 0 Å². The van der Waals surface area contributed by atoms with Crippen LogP contribution in [-0.2, 0) is 21.4 Å². The zero-order valence-electron chi connectivity index (χ0n) is 19.8. The Labute approximate surface area is 195 Å². The zero-order chi connectivity index (χ0) is 23.6. The van der Waals surface area contributed by atoms with E-state index in [0.29, 0.717) is 19.4 Å². The van der Waals surface area contributed by atoms with Gasteiger partial charge in [0.1, 0.15) is 24.2 Å². The third-order valence-electron chi connectivity index (χ3n) is 7.41. The Kier molecular flexibility index (Phi) is 6.86. The van der Waals surface area contributed by atoms with E-state index in [2.05, 4.69) is 36.2 Å². The van der Waals surface area contributed by atoms with Crippen LogP contribution in [0.25, 0.3) is 0 Å². The van der Waals surface area contributed by atoms with Crippen LogP contribution >= 0.6 is 0 Å². The number of hydrogen-bond acceptors (Lipinski definition) is 5. The van der Waals surface area contributed by atoms with Crippen molar-refractivity contribution >= 4 is 17.4 Å². The standard InChI is InChI=1S/C27H34N2O4/c1-18-6-4-7-23(19(18)2)27(20(3)30)12-14-29(15-13-27)16-21(31)17-33-25-9-5-8-24-22(25)10-11-26(32)28-24/h4-9,21,31H,10-17H2,1-3H3,(H,28,32). The summed E-state index contributed by atoms with van der Waals surface area (Å²) in [6.45, 7) is 8.13. The molecule has 0 aliphatic carbocycles. The lowest BCUT2D eigenvalue weighted by molar-refractivity contribution is -0.124. The van der Waals surface area contributed by atoms with Gasteiger partial charge in [0.25, 0.3) is 0 Å². The lowest BCUT2D eigenvalue weighted by Crippen LogP contribution is -2.49. The van der Waals surface area contributed by atoms with Gasteiger partial charge in [-0.2, -0.15) is 0 Å². The van der Waals surface area contributed by atoms with Gasteiger partial charge < -0.3 is 20.1 Å². The topological polar surface area (TPSA) is 78.9 Å². The lowest BCUT2D eigenvalue weighted by Gasteiger charge is -2.42. The Morgan fingerprint density at radius 1 is 1.15 bits per heavy atom. The summed E-state index contributed by atoms with van der Waals surface area (Å²) in [5.41, 5.74) is 4.91. The van der Waals surface area contributed by atoms with Crippen molar-refractivity contribution in [3.63, 3.8) is 0 Å². The number of carbonyl (C=O) groups excluding carboxylic acids is 2. The molecule has 1 amide bonds. The van der Waals surface area contributed by atoms with E-state index in [4.69, 9.17) is 4.74 Å². The molecule has 2 aliphatic heterocycles. The molecule has 2 aromatic carbocycles. The van der Waals surface area contributed by atoms with E-state index < -0.39 is 11.5 Å². The Balaban J connectivity index is 1.35. The smallest absolute Gasteiger partial charge is 0.224 e. The predicted octanol–water partition coefficient (Wildman–Crippen LogP) is 3.55. The molecule has 33 heavy (non-hydrogen) atoms. The summed E-state index contributed by atoms with van der Waals surface area (Å²) < 4.78 is 5.94. The third-order valence-corrected chi connectivity index (χ3v) is 7.41. The number of aliphatic hydroxyl groups is 1. The predicted molar refractivity (Wildman–Crippen MR) is 129 cm³/mol. The molecule has 176 valence electrons. The molecule has 1 saturated heterocycles. The van der Waals surface area contributed by atoms with Crippen LogP contribution in [0.3, 0.4) is 0 Å². The van der Waals surface area contributed by atoms with E-state index >= 15 is 0 Å². The number of benzene rings is 2. The van der Waals surface area contributed by atoms with Gasteiger partial charge in [-0.05, 0) is 81.9 Å². The minimum Gasteiger partial charge on any atom is -0.490 e. The number of aliphatic hydroxyl groups excluding tert-OH is 1. The van der Waals surface area contributed by atoms with E-state index in [0.717, 1.165) is 48.5 Å². The maximum Gasteiger partial charge on any atom is 0.224 e. The number of ketones is 1. The van der Waals surface area contributed by atoms with Crippen molar-refractivity contribution in [2.24, 2.45) is 0 Å². The molecule has 2 heterocycles. The Hall–Kier alpha value is -2.70. The second-order valence-corrected chi connectivity index (χ2v) is 9.48. The molecule has 2 aliphatic rings. The average Bonchev–Trinajstić information content (AvgIpc) is 2.79. The van der Waals surface area contributed by atoms with Gasteiger partial charge >= 0.3 is 0 Å². The number of amides is 1. The van der Waals surface area contributed by atoms with Crippen LogP contribution in [-0.4, -0.2) is 54.0 Å². The molecule has 2 N–H and O–H groups in total. The third kappa shape index (κ3) is 4.82. The van der Waals surface area contributed by atoms with Crippen LogP contribution in [0.2, 0.25) is 0 Å². The fraction of sp³-hybridized carbons (Fsp3) is 0.481. The summed E-state index contributed by atoms with van der Waals surface area (Å²) in [5, 5.41) is 13.5. The highest BCUT2D eigenvalue weighted by atomic mass is 16.5. The quantitative estimate of drug-likeness (QED) is 0.675. The van der Waals surface area contributed by atoms with Crippen molar-refractivity contribution in [3.8, 4) is 5.75 Å². The number of piperidine rings is 1. The molecule has 0 spiro atoms. The number of ether oxygens (including phenoxy) is 1. The Morgan fingerprint density at radius 2 is 1.88 bits per heavy atom. The van der Waals surface area contributed by atoms with Crippen LogP contribution < -0.4 is 10.1 Å². The number of hydrogen-bond donors (Lipinski definition) is 2. The highest BCUT2D eigenvalue weighted by Crippen LogP contribution is 2.39. The van der Waals surface area contributed by atoms with Crippen LogP contribution in [0.15, 0.2) is 36.4 Å². The number of likely N-dealkylation sites (tertiary alicyclic amines) is 1. The molecule has 1 fully saturated rings. The SMILES string of the molecule is CC(=O)C1(c2cccc(C)c2C)CCN(CC(O)COc2cccc3c2CCC(=O)N3)CC1. The number of carbonyl (C=O) groups is 2. The molecule has 6 heteroatoms. The molecular weight excluding hydrogens is 416 g/mol. The molecule has 0 aromatic heterocycles. The molecular formula is C27H34N2O4. The minimum absolute atomic E-state index is 0.0206. The normalized spacial score (nSPS) is 18.8. The largest absolute Gasteiger partial charge is 0.490 e. The van der Waals surface area contributed by atoms with Gasteiger partial charge in [-0.25, -0.2) is 0 Å². The van der Waals surface area contributed by atoms with E-state index in [1.54, 1.807) is 6.92 Å². The van der Waals surface area contributed by atoms with Crippen molar-refractivity contribution < 1.29 is 19.4 Å². The highest BCUT2D eigenvalue weighted by Gasteiger charge is 2.41. The van der Waals surface area contributed by atoms with E-state index in [1.807, 2.05) is 24.3 Å². The monoisotopic (exact) mass is 450 g/mol. The van der Waals surface area contributed by atoms with Crippen molar-refractivity contribution in [3.05, 3.63) is 58.7 Å². The first-order chi connectivity index (χ1) is 15.8. The molecule has 0 radical (unpaired) electrons. The molecule has 1 unspecified atom stereocenters. The summed E-state index contributed by atoms with van der Waals surface area (Å²) in [6.07, 6.45) is 1.97. The van der Waals surface area contributed by atoms with Crippen molar-refractivity contribution in [1.82, 2.24) is 4.90 Å². The maximum atomic E-state index is 12.8. The van der Waals surface area contributed by atoms with Crippen LogP contribution in [0, 0.1) is 13.8 Å². The first-order valence-electron chi connectivity index (χ1n) is 11.8. The summed E-state index contributed by atoms with van der Waals surface area (Å²) >= 11 is 0. The number of nitrogens with one attached hydrogen (secondary N) is 1. The van der Waals surface area contributed by atoms with Crippen LogP contribution in [0.1, 0.15) is 48.4 Å². The van der Waals surface area contributed by atoms with E-state index in [-0.39, 0.29) is 18.3 Å². The lowest BCUT2D eigenvalue weighted by atomic mass is 9.68. The van der Waals surface area contributed by atoms with Gasteiger partial charge in [-0.3, -0.25) is 9.59 Å². The second-order valence-electron chi connectivity index (χ2n) is 9.48. The number of fused-ring (bicyclic) bond motifs is 1. The number of aryl methyl sites for hydroxylation is 1.